The lowest BCUT2D eigenvalue weighted by Gasteiger charge is -2.07. The Kier molecular flexibility index (Phi) is 2.70. The van der Waals surface area contributed by atoms with Crippen molar-refractivity contribution in [3.05, 3.63) is 35.0 Å². The summed E-state index contributed by atoms with van der Waals surface area (Å²) in [6, 6.07) is 3.15. The number of alkyl halides is 3. The van der Waals surface area contributed by atoms with Crippen LogP contribution in [0.15, 0.2) is 28.9 Å². The van der Waals surface area contributed by atoms with Gasteiger partial charge in [0, 0.05) is 12.1 Å². The summed E-state index contributed by atoms with van der Waals surface area (Å²) < 4.78 is 42.8. The van der Waals surface area contributed by atoms with Gasteiger partial charge >= 0.3 is 6.18 Å². The first-order valence-corrected chi connectivity index (χ1v) is 4.68. The van der Waals surface area contributed by atoms with Crippen molar-refractivity contribution in [1.82, 2.24) is 5.27 Å². The van der Waals surface area contributed by atoms with E-state index >= 15 is 0 Å². The second-order valence-corrected chi connectivity index (χ2v) is 3.53. The van der Waals surface area contributed by atoms with Crippen LogP contribution >= 0.6 is 11.6 Å². The third-order valence-electron chi connectivity index (χ3n) is 1.97. The van der Waals surface area contributed by atoms with Crippen LogP contribution in [-0.4, -0.2) is 5.27 Å². The highest BCUT2D eigenvalue weighted by Crippen LogP contribution is 2.35. The molecule has 0 N–H and O–H groups in total. The van der Waals surface area contributed by atoms with Crippen molar-refractivity contribution in [3.8, 4) is 11.6 Å². The molecule has 0 amide bonds. The summed E-state index contributed by atoms with van der Waals surface area (Å²) in [5.41, 5.74) is -0.966. The number of hydrogen-bond acceptors (Lipinski definition) is 3. The molecule has 4 nitrogen and oxygen atoms in total. The maximum atomic E-state index is 12.6. The van der Waals surface area contributed by atoms with Crippen LogP contribution in [0.2, 0.25) is 5.02 Å². The van der Waals surface area contributed by atoms with E-state index in [-0.39, 0.29) is 5.69 Å². The number of halogens is 4. The van der Waals surface area contributed by atoms with Crippen LogP contribution in [-0.2, 0) is 6.18 Å². The topological polar surface area (TPSA) is 53.0 Å². The molecule has 90 valence electrons. The minimum Gasteiger partial charge on any atom is -0.539 e. The van der Waals surface area contributed by atoms with Crippen LogP contribution < -0.4 is 9.79 Å². The first-order chi connectivity index (χ1) is 7.88. The summed E-state index contributed by atoms with van der Waals surface area (Å²) in [5.74, 6) is -0.756. The molecule has 1 aromatic carbocycles. The third kappa shape index (κ3) is 2.33. The Morgan fingerprint density at radius 3 is 2.59 bits per heavy atom. The smallest absolute Gasteiger partial charge is 0.418 e. The summed E-state index contributed by atoms with van der Waals surface area (Å²) in [5, 5.41) is 13.5. The fraction of sp³-hybridized carbons (Fsp3) is 0.111. The molecule has 8 heteroatoms. The van der Waals surface area contributed by atoms with Crippen molar-refractivity contribution in [2.24, 2.45) is 0 Å². The highest BCUT2D eigenvalue weighted by molar-refractivity contribution is 6.31. The predicted octanol–water partition coefficient (Wildman–Crippen LogP) is 1.70. The standard InChI is InChI=1S/C9H4ClF3N2O2/c10-7-2-1-5(3-6(7)9(11,12)13)15-4-8(16)17-14-15/h1-4H. The lowest BCUT2D eigenvalue weighted by atomic mass is 10.2. The molecule has 0 saturated carbocycles. The molecule has 0 aliphatic heterocycles. The van der Waals surface area contributed by atoms with Crippen molar-refractivity contribution in [2.45, 2.75) is 6.18 Å². The van der Waals surface area contributed by atoms with E-state index in [0.29, 0.717) is 0 Å². The minimum absolute atomic E-state index is 0.0348. The van der Waals surface area contributed by atoms with Gasteiger partial charge in [-0.05, 0) is 10.7 Å². The summed E-state index contributed by atoms with van der Waals surface area (Å²) in [4.78, 5) is 0. The molecule has 0 aliphatic rings. The Balaban J connectivity index is 2.51. The molecule has 0 saturated heterocycles. The van der Waals surface area contributed by atoms with E-state index in [4.69, 9.17) is 11.6 Å². The normalized spacial score (nSPS) is 11.8. The van der Waals surface area contributed by atoms with E-state index in [9.17, 15) is 18.3 Å². The summed E-state index contributed by atoms with van der Waals surface area (Å²) in [6.45, 7) is 0. The van der Waals surface area contributed by atoms with Gasteiger partial charge in [0.05, 0.1) is 15.9 Å². The van der Waals surface area contributed by atoms with Gasteiger partial charge in [0.15, 0.2) is 0 Å². The van der Waals surface area contributed by atoms with Crippen LogP contribution in [0.4, 0.5) is 13.2 Å². The lowest BCUT2D eigenvalue weighted by Crippen LogP contribution is -2.31. The molecule has 2 rings (SSSR count). The quantitative estimate of drug-likeness (QED) is 0.737. The fourth-order valence-electron chi connectivity index (χ4n) is 1.23. The highest BCUT2D eigenvalue weighted by Gasteiger charge is 2.34. The van der Waals surface area contributed by atoms with E-state index in [1.165, 1.54) is 6.07 Å². The third-order valence-corrected chi connectivity index (χ3v) is 2.30. The molecule has 1 aromatic heterocycles. The molecule has 2 aromatic rings. The van der Waals surface area contributed by atoms with Gasteiger partial charge in [0.1, 0.15) is 5.95 Å². The average Bonchev–Trinajstić information content (AvgIpc) is 2.64. The molecule has 0 aliphatic carbocycles. The van der Waals surface area contributed by atoms with E-state index in [1.54, 1.807) is 0 Å². The van der Waals surface area contributed by atoms with Crippen LogP contribution in [0.25, 0.3) is 5.69 Å². The van der Waals surface area contributed by atoms with Crippen LogP contribution in [0, 0.1) is 0 Å². The largest absolute Gasteiger partial charge is 0.539 e. The Bertz CT molecular complexity index is 553. The van der Waals surface area contributed by atoms with Crippen molar-refractivity contribution >= 4 is 11.6 Å². The molecule has 0 bridgehead atoms. The summed E-state index contributed by atoms with van der Waals surface area (Å²) in [7, 11) is 0. The van der Waals surface area contributed by atoms with E-state index < -0.39 is 22.7 Å². The van der Waals surface area contributed by atoms with Gasteiger partial charge in [0.25, 0.3) is 0 Å². The molecule has 0 spiro atoms. The van der Waals surface area contributed by atoms with Gasteiger partial charge in [-0.3, -0.25) is 0 Å². The monoisotopic (exact) mass is 264 g/mol. The molecule has 0 atom stereocenters. The second kappa shape index (κ2) is 3.92. The zero-order valence-electron chi connectivity index (χ0n) is 8.03. The van der Waals surface area contributed by atoms with Crippen LogP contribution in [0.3, 0.4) is 0 Å². The molecule has 1 heterocycles. The molecule has 0 fully saturated rings. The number of benzene rings is 1. The SMILES string of the molecule is [O-]c1c[n+](-c2ccc(Cl)c(C(F)(F)F)c2)no1. The van der Waals surface area contributed by atoms with E-state index in [0.717, 1.165) is 23.0 Å². The Labute approximate surface area is 97.8 Å². The lowest BCUT2D eigenvalue weighted by molar-refractivity contribution is -0.670. The van der Waals surface area contributed by atoms with Crippen LogP contribution in [0.1, 0.15) is 5.56 Å². The first kappa shape index (κ1) is 11.7. The van der Waals surface area contributed by atoms with E-state index in [1.807, 2.05) is 0 Å². The van der Waals surface area contributed by atoms with Gasteiger partial charge in [-0.25, -0.2) is 0 Å². The Morgan fingerprint density at radius 2 is 2.06 bits per heavy atom. The number of hydrogen-bond donors (Lipinski definition) is 0. The van der Waals surface area contributed by atoms with Crippen LogP contribution in [0.5, 0.6) is 5.95 Å². The summed E-state index contributed by atoms with van der Waals surface area (Å²) >= 11 is 5.44. The zero-order valence-corrected chi connectivity index (χ0v) is 8.79. The van der Waals surface area contributed by atoms with Crippen molar-refractivity contribution in [2.75, 3.05) is 0 Å². The van der Waals surface area contributed by atoms with Gasteiger partial charge in [0.2, 0.25) is 11.9 Å². The maximum absolute atomic E-state index is 12.6. The molecular formula is C9H4ClF3N2O2. The van der Waals surface area contributed by atoms with Gasteiger partial charge in [-0.15, -0.1) is 0 Å². The molecule has 17 heavy (non-hydrogen) atoms. The Morgan fingerprint density at radius 1 is 1.35 bits per heavy atom. The second-order valence-electron chi connectivity index (χ2n) is 3.13. The number of aromatic nitrogens is 2. The first-order valence-electron chi connectivity index (χ1n) is 4.31. The number of rotatable bonds is 1. The van der Waals surface area contributed by atoms with Crippen molar-refractivity contribution in [1.29, 1.82) is 0 Å². The maximum Gasteiger partial charge on any atom is 0.418 e. The highest BCUT2D eigenvalue weighted by atomic mass is 35.5. The van der Waals surface area contributed by atoms with Gasteiger partial charge < -0.3 is 9.63 Å². The molecular weight excluding hydrogens is 261 g/mol. The van der Waals surface area contributed by atoms with Crippen molar-refractivity contribution in [3.63, 3.8) is 0 Å². The fourth-order valence-corrected chi connectivity index (χ4v) is 1.45. The zero-order chi connectivity index (χ0) is 12.6. The van der Waals surface area contributed by atoms with Crippen molar-refractivity contribution < 1.29 is 27.5 Å². The molecule has 0 unspecified atom stereocenters. The average molecular weight is 265 g/mol. The molecule has 0 radical (unpaired) electrons. The van der Waals surface area contributed by atoms with Gasteiger partial charge in [-0.1, -0.05) is 11.6 Å². The predicted molar refractivity (Wildman–Crippen MR) is 47.5 cm³/mol. The minimum atomic E-state index is -4.57. The summed E-state index contributed by atoms with van der Waals surface area (Å²) in [6.07, 6.45) is -3.65. The number of nitrogens with zero attached hydrogens (tertiary/aromatic N) is 2. The van der Waals surface area contributed by atoms with E-state index in [2.05, 4.69) is 9.79 Å². The Hall–Kier alpha value is -1.76. The van der Waals surface area contributed by atoms with Gasteiger partial charge in [-0.2, -0.15) is 13.2 Å².